The SMILES string of the molecule is C=CCCC.CC1(O)CCCC1. The molecule has 0 atom stereocenters. The summed E-state index contributed by atoms with van der Waals surface area (Å²) in [5.74, 6) is 0. The van der Waals surface area contributed by atoms with Gasteiger partial charge >= 0.3 is 0 Å². The largest absolute Gasteiger partial charge is 0.390 e. The molecule has 0 aromatic heterocycles. The molecule has 1 N–H and O–H groups in total. The Hall–Kier alpha value is -0.300. The van der Waals surface area contributed by atoms with Crippen molar-refractivity contribution < 1.29 is 5.11 Å². The fourth-order valence-electron chi connectivity index (χ4n) is 1.34. The number of aliphatic hydroxyl groups is 1. The monoisotopic (exact) mass is 170 g/mol. The van der Waals surface area contributed by atoms with Crippen molar-refractivity contribution >= 4 is 0 Å². The van der Waals surface area contributed by atoms with Crippen molar-refractivity contribution in [2.24, 2.45) is 0 Å². The van der Waals surface area contributed by atoms with E-state index in [1.807, 2.05) is 13.0 Å². The zero-order valence-corrected chi connectivity index (χ0v) is 8.47. The Labute approximate surface area is 76.5 Å². The third-order valence-corrected chi connectivity index (χ3v) is 2.17. The van der Waals surface area contributed by atoms with Crippen LogP contribution in [0.25, 0.3) is 0 Å². The van der Waals surface area contributed by atoms with Crippen LogP contribution in [0.2, 0.25) is 0 Å². The van der Waals surface area contributed by atoms with Crippen molar-refractivity contribution in [1.29, 1.82) is 0 Å². The van der Waals surface area contributed by atoms with Gasteiger partial charge in [0.2, 0.25) is 0 Å². The first kappa shape index (κ1) is 11.7. The lowest BCUT2D eigenvalue weighted by molar-refractivity contribution is 0.0681. The van der Waals surface area contributed by atoms with Gasteiger partial charge < -0.3 is 5.11 Å². The number of rotatable bonds is 2. The molecule has 72 valence electrons. The van der Waals surface area contributed by atoms with E-state index in [1.54, 1.807) is 0 Å². The van der Waals surface area contributed by atoms with Crippen LogP contribution in [0.4, 0.5) is 0 Å². The molecule has 0 spiro atoms. The molecule has 0 aromatic carbocycles. The van der Waals surface area contributed by atoms with Crippen LogP contribution >= 0.6 is 0 Å². The highest BCUT2D eigenvalue weighted by molar-refractivity contribution is 4.78. The molecule has 0 heterocycles. The Balaban J connectivity index is 0.000000217. The Morgan fingerprint density at radius 2 is 1.92 bits per heavy atom. The van der Waals surface area contributed by atoms with Gasteiger partial charge in [-0.25, -0.2) is 0 Å². The highest BCUT2D eigenvalue weighted by atomic mass is 16.3. The first-order chi connectivity index (χ1) is 5.62. The number of allylic oxidation sites excluding steroid dienone is 1. The maximum absolute atomic E-state index is 9.19. The first-order valence-corrected chi connectivity index (χ1v) is 4.95. The molecule has 1 aliphatic rings. The van der Waals surface area contributed by atoms with E-state index >= 15 is 0 Å². The van der Waals surface area contributed by atoms with E-state index in [0.717, 1.165) is 19.3 Å². The lowest BCUT2D eigenvalue weighted by atomic mass is 10.1. The first-order valence-electron chi connectivity index (χ1n) is 4.95. The summed E-state index contributed by atoms with van der Waals surface area (Å²) < 4.78 is 0. The van der Waals surface area contributed by atoms with Gasteiger partial charge in [0, 0.05) is 0 Å². The Bertz CT molecular complexity index is 108. The van der Waals surface area contributed by atoms with Crippen LogP contribution < -0.4 is 0 Å². The average molecular weight is 170 g/mol. The smallest absolute Gasteiger partial charge is 0.0619 e. The Morgan fingerprint density at radius 1 is 1.42 bits per heavy atom. The van der Waals surface area contributed by atoms with Crippen LogP contribution in [0.3, 0.4) is 0 Å². The van der Waals surface area contributed by atoms with Crippen LogP contribution in [-0.2, 0) is 0 Å². The fourth-order valence-corrected chi connectivity index (χ4v) is 1.34. The van der Waals surface area contributed by atoms with Gasteiger partial charge in [-0.2, -0.15) is 0 Å². The van der Waals surface area contributed by atoms with Gasteiger partial charge in [0.25, 0.3) is 0 Å². The van der Waals surface area contributed by atoms with Crippen molar-refractivity contribution in [3.8, 4) is 0 Å². The van der Waals surface area contributed by atoms with E-state index < -0.39 is 0 Å². The minimum Gasteiger partial charge on any atom is -0.390 e. The standard InChI is InChI=1S/C6H12O.C5H10/c1-6(7)4-2-3-5-6;1-3-5-4-2/h7H,2-5H2,1H3;3H,1,4-5H2,2H3. The molecular weight excluding hydrogens is 148 g/mol. The second-order valence-electron chi connectivity index (χ2n) is 3.78. The molecule has 0 bridgehead atoms. The molecule has 1 nitrogen and oxygen atoms in total. The van der Waals surface area contributed by atoms with Gasteiger partial charge in [-0.15, -0.1) is 6.58 Å². The summed E-state index contributed by atoms with van der Waals surface area (Å²) >= 11 is 0. The van der Waals surface area contributed by atoms with Crippen LogP contribution in [-0.4, -0.2) is 10.7 Å². The van der Waals surface area contributed by atoms with Crippen LogP contribution in [0, 0.1) is 0 Å². The molecule has 1 fully saturated rings. The molecule has 1 rings (SSSR count). The van der Waals surface area contributed by atoms with Gasteiger partial charge in [0.1, 0.15) is 0 Å². The lowest BCUT2D eigenvalue weighted by Crippen LogP contribution is -2.17. The summed E-state index contributed by atoms with van der Waals surface area (Å²) in [7, 11) is 0. The van der Waals surface area contributed by atoms with Gasteiger partial charge in [-0.05, 0) is 26.2 Å². The number of hydrogen-bond donors (Lipinski definition) is 1. The summed E-state index contributed by atoms with van der Waals surface area (Å²) in [5, 5.41) is 9.19. The van der Waals surface area contributed by atoms with E-state index in [0.29, 0.717) is 0 Å². The predicted octanol–water partition coefficient (Wildman–Crippen LogP) is 3.28. The van der Waals surface area contributed by atoms with Crippen molar-refractivity contribution in [2.45, 2.75) is 58.0 Å². The predicted molar refractivity (Wildman–Crippen MR) is 54.2 cm³/mol. The molecule has 0 amide bonds. The van der Waals surface area contributed by atoms with Crippen molar-refractivity contribution in [3.63, 3.8) is 0 Å². The summed E-state index contributed by atoms with van der Waals surface area (Å²) in [6, 6.07) is 0. The van der Waals surface area contributed by atoms with Crippen molar-refractivity contribution in [3.05, 3.63) is 12.7 Å². The van der Waals surface area contributed by atoms with Gasteiger partial charge in [-0.3, -0.25) is 0 Å². The molecular formula is C11H22O. The average Bonchev–Trinajstić information content (AvgIpc) is 2.37. The maximum atomic E-state index is 9.19. The van der Waals surface area contributed by atoms with Gasteiger partial charge in [0.05, 0.1) is 5.60 Å². The molecule has 0 radical (unpaired) electrons. The second kappa shape index (κ2) is 6.24. The van der Waals surface area contributed by atoms with E-state index in [9.17, 15) is 5.11 Å². The molecule has 0 unspecified atom stereocenters. The fraction of sp³-hybridized carbons (Fsp3) is 0.818. The highest BCUT2D eigenvalue weighted by Crippen LogP contribution is 2.27. The molecule has 1 aliphatic carbocycles. The summed E-state index contributed by atoms with van der Waals surface area (Å²) in [6.07, 6.45) is 8.75. The van der Waals surface area contributed by atoms with Crippen molar-refractivity contribution in [2.75, 3.05) is 0 Å². The zero-order chi connectivity index (χ0) is 9.45. The van der Waals surface area contributed by atoms with Crippen LogP contribution in [0.15, 0.2) is 12.7 Å². The second-order valence-corrected chi connectivity index (χ2v) is 3.78. The molecule has 1 saturated carbocycles. The minimum atomic E-state index is -0.306. The van der Waals surface area contributed by atoms with E-state index in [1.165, 1.54) is 19.3 Å². The molecule has 0 aliphatic heterocycles. The van der Waals surface area contributed by atoms with E-state index in [-0.39, 0.29) is 5.60 Å². The quantitative estimate of drug-likeness (QED) is 0.630. The van der Waals surface area contributed by atoms with Gasteiger partial charge in [0.15, 0.2) is 0 Å². The third kappa shape index (κ3) is 6.41. The molecule has 1 heteroatoms. The van der Waals surface area contributed by atoms with Gasteiger partial charge in [-0.1, -0.05) is 32.3 Å². The molecule has 0 saturated heterocycles. The summed E-state index contributed by atoms with van der Waals surface area (Å²) in [5.41, 5.74) is -0.306. The third-order valence-electron chi connectivity index (χ3n) is 2.17. The zero-order valence-electron chi connectivity index (χ0n) is 8.47. The van der Waals surface area contributed by atoms with Crippen LogP contribution in [0.1, 0.15) is 52.4 Å². The number of hydrogen-bond acceptors (Lipinski definition) is 1. The highest BCUT2D eigenvalue weighted by Gasteiger charge is 2.24. The number of unbranched alkanes of at least 4 members (excludes halogenated alkanes) is 1. The topological polar surface area (TPSA) is 20.2 Å². The minimum absolute atomic E-state index is 0.306. The molecule has 12 heavy (non-hydrogen) atoms. The summed E-state index contributed by atoms with van der Waals surface area (Å²) in [6.45, 7) is 7.61. The molecule has 0 aromatic rings. The van der Waals surface area contributed by atoms with Crippen molar-refractivity contribution in [1.82, 2.24) is 0 Å². The maximum Gasteiger partial charge on any atom is 0.0619 e. The normalized spacial score (nSPS) is 19.6. The van der Waals surface area contributed by atoms with E-state index in [2.05, 4.69) is 13.5 Å². The van der Waals surface area contributed by atoms with Crippen LogP contribution in [0.5, 0.6) is 0 Å². The Morgan fingerprint density at radius 3 is 2.00 bits per heavy atom. The van der Waals surface area contributed by atoms with E-state index in [4.69, 9.17) is 0 Å². The Kier molecular flexibility index (Phi) is 6.09. The lowest BCUT2D eigenvalue weighted by Gasteiger charge is -2.12. The summed E-state index contributed by atoms with van der Waals surface area (Å²) in [4.78, 5) is 0.